The van der Waals surface area contributed by atoms with Crippen molar-refractivity contribution < 1.29 is 0 Å². The third kappa shape index (κ3) is 3.90. The smallest absolute Gasteiger partial charge is 0.0176 e. The highest BCUT2D eigenvalue weighted by Gasteiger charge is 2.06. The molecule has 8 heavy (non-hydrogen) atoms. The Kier molecular flexibility index (Phi) is 5.38. The quantitative estimate of drug-likeness (QED) is 0.668. The molecule has 0 aromatic heterocycles. The fraction of sp³-hybridized carbons (Fsp3) is 1.00. The van der Waals surface area contributed by atoms with Crippen LogP contribution in [-0.2, 0) is 0 Å². The zero-order chi connectivity index (χ0) is 6.57. The van der Waals surface area contributed by atoms with Crippen LogP contribution in [0, 0.1) is 5.92 Å². The monoisotopic (exact) mass is 242 g/mol. The highest BCUT2D eigenvalue weighted by atomic mass is 79.9. The molecule has 0 rings (SSSR count). The Morgan fingerprint density at radius 1 is 1.38 bits per heavy atom. The molecule has 0 N–H and O–H groups in total. The maximum absolute atomic E-state index is 3.57. The Balaban J connectivity index is 3.17. The van der Waals surface area contributed by atoms with Gasteiger partial charge < -0.3 is 0 Å². The molecule has 1 atom stereocenters. The summed E-state index contributed by atoms with van der Waals surface area (Å²) in [6.07, 6.45) is 1.22. The summed E-state index contributed by atoms with van der Waals surface area (Å²) >= 11 is 6.96. The van der Waals surface area contributed by atoms with Crippen LogP contribution in [0.15, 0.2) is 0 Å². The lowest BCUT2D eigenvalue weighted by molar-refractivity contribution is 0.607. The van der Waals surface area contributed by atoms with Crippen molar-refractivity contribution in [1.82, 2.24) is 0 Å². The molecule has 0 aliphatic carbocycles. The first-order valence-electron chi connectivity index (χ1n) is 2.88. The summed E-state index contributed by atoms with van der Waals surface area (Å²) in [5.41, 5.74) is 0. The zero-order valence-electron chi connectivity index (χ0n) is 5.32. The van der Waals surface area contributed by atoms with E-state index in [-0.39, 0.29) is 0 Å². The van der Waals surface area contributed by atoms with Gasteiger partial charge in [-0.25, -0.2) is 0 Å². The molecule has 0 spiro atoms. The second-order valence-electron chi connectivity index (χ2n) is 2.24. The fourth-order valence-electron chi connectivity index (χ4n) is 0.438. The van der Waals surface area contributed by atoms with E-state index in [2.05, 4.69) is 45.7 Å². The summed E-state index contributed by atoms with van der Waals surface area (Å²) in [5, 5.41) is 1.10. The van der Waals surface area contributed by atoms with Crippen LogP contribution in [0.25, 0.3) is 0 Å². The average molecular weight is 244 g/mol. The van der Waals surface area contributed by atoms with E-state index in [0.717, 1.165) is 11.2 Å². The molecule has 0 radical (unpaired) electrons. The molecule has 0 bridgehead atoms. The third-order valence-electron chi connectivity index (χ3n) is 1.11. The summed E-state index contributed by atoms with van der Waals surface area (Å²) in [4.78, 5) is 0.682. The SMILES string of the molecule is CC(C)[C@H](Br)CCBr. The molecule has 0 aromatic rings. The maximum Gasteiger partial charge on any atom is 0.0176 e. The van der Waals surface area contributed by atoms with Crippen LogP contribution < -0.4 is 0 Å². The van der Waals surface area contributed by atoms with Crippen molar-refractivity contribution in [3.8, 4) is 0 Å². The molecular weight excluding hydrogens is 232 g/mol. The molecule has 0 amide bonds. The van der Waals surface area contributed by atoms with Crippen LogP contribution in [-0.4, -0.2) is 10.2 Å². The molecule has 0 saturated heterocycles. The summed E-state index contributed by atoms with van der Waals surface area (Å²) in [6.45, 7) is 4.45. The molecule has 0 heterocycles. The normalized spacial score (nSPS) is 14.6. The van der Waals surface area contributed by atoms with E-state index >= 15 is 0 Å². The van der Waals surface area contributed by atoms with Crippen LogP contribution in [0.4, 0.5) is 0 Å². The Labute approximate surface area is 68.3 Å². The lowest BCUT2D eigenvalue weighted by Crippen LogP contribution is -2.06. The number of alkyl halides is 2. The average Bonchev–Trinajstić information content (AvgIpc) is 1.67. The van der Waals surface area contributed by atoms with Gasteiger partial charge >= 0.3 is 0 Å². The van der Waals surface area contributed by atoms with Crippen LogP contribution in [0.3, 0.4) is 0 Å². The van der Waals surface area contributed by atoms with Gasteiger partial charge in [0.1, 0.15) is 0 Å². The fourth-order valence-corrected chi connectivity index (χ4v) is 1.77. The van der Waals surface area contributed by atoms with Gasteiger partial charge in [0.25, 0.3) is 0 Å². The highest BCUT2D eigenvalue weighted by Crippen LogP contribution is 2.16. The second kappa shape index (κ2) is 4.80. The molecular formula is C6H12Br2. The lowest BCUT2D eigenvalue weighted by Gasteiger charge is -2.10. The molecule has 50 valence electrons. The van der Waals surface area contributed by atoms with Gasteiger partial charge in [0, 0.05) is 10.2 Å². The lowest BCUT2D eigenvalue weighted by atomic mass is 10.1. The van der Waals surface area contributed by atoms with E-state index in [9.17, 15) is 0 Å². The first-order valence-corrected chi connectivity index (χ1v) is 4.92. The van der Waals surface area contributed by atoms with Gasteiger partial charge in [-0.05, 0) is 12.3 Å². The first-order chi connectivity index (χ1) is 3.68. The predicted molar refractivity (Wildman–Crippen MR) is 46.0 cm³/mol. The molecule has 0 aliphatic rings. The van der Waals surface area contributed by atoms with Crippen LogP contribution in [0.5, 0.6) is 0 Å². The van der Waals surface area contributed by atoms with Gasteiger partial charge in [-0.2, -0.15) is 0 Å². The minimum atomic E-state index is 0.682. The number of halogens is 2. The van der Waals surface area contributed by atoms with Crippen molar-refractivity contribution in [1.29, 1.82) is 0 Å². The van der Waals surface area contributed by atoms with Gasteiger partial charge in [-0.15, -0.1) is 0 Å². The number of hydrogen-bond donors (Lipinski definition) is 0. The van der Waals surface area contributed by atoms with Crippen molar-refractivity contribution in [2.24, 2.45) is 5.92 Å². The van der Waals surface area contributed by atoms with Crippen molar-refractivity contribution in [3.63, 3.8) is 0 Å². The van der Waals surface area contributed by atoms with E-state index in [1.165, 1.54) is 6.42 Å². The Morgan fingerprint density at radius 2 is 1.88 bits per heavy atom. The molecule has 0 nitrogen and oxygen atoms in total. The summed E-state index contributed by atoms with van der Waals surface area (Å²) < 4.78 is 0. The minimum absolute atomic E-state index is 0.682. The third-order valence-corrected chi connectivity index (χ3v) is 3.08. The first kappa shape index (κ1) is 8.96. The largest absolute Gasteiger partial charge is 0.0928 e. The van der Waals surface area contributed by atoms with Gasteiger partial charge in [0.2, 0.25) is 0 Å². The molecule has 0 saturated carbocycles. The topological polar surface area (TPSA) is 0 Å². The number of hydrogen-bond acceptors (Lipinski definition) is 0. The Hall–Kier alpha value is 0.960. The van der Waals surface area contributed by atoms with Crippen molar-refractivity contribution >= 4 is 31.9 Å². The van der Waals surface area contributed by atoms with E-state index in [1.807, 2.05) is 0 Å². The van der Waals surface area contributed by atoms with Crippen LogP contribution in [0.1, 0.15) is 20.3 Å². The molecule has 2 heteroatoms. The van der Waals surface area contributed by atoms with Crippen molar-refractivity contribution in [3.05, 3.63) is 0 Å². The van der Waals surface area contributed by atoms with Crippen molar-refractivity contribution in [2.75, 3.05) is 5.33 Å². The van der Waals surface area contributed by atoms with E-state index in [4.69, 9.17) is 0 Å². The van der Waals surface area contributed by atoms with Gasteiger partial charge in [0.15, 0.2) is 0 Å². The van der Waals surface area contributed by atoms with Gasteiger partial charge in [-0.3, -0.25) is 0 Å². The van der Waals surface area contributed by atoms with Gasteiger partial charge in [0.05, 0.1) is 0 Å². The summed E-state index contributed by atoms with van der Waals surface area (Å²) in [6, 6.07) is 0. The molecule has 0 unspecified atom stereocenters. The van der Waals surface area contributed by atoms with Gasteiger partial charge in [-0.1, -0.05) is 45.7 Å². The standard InChI is InChI=1S/C6H12Br2/c1-5(2)6(8)3-4-7/h5-6H,3-4H2,1-2H3/t6-/m1/s1. The highest BCUT2D eigenvalue weighted by molar-refractivity contribution is 9.10. The van der Waals surface area contributed by atoms with Crippen LogP contribution >= 0.6 is 31.9 Å². The Bertz CT molecular complexity index is 52.5. The number of rotatable bonds is 3. The van der Waals surface area contributed by atoms with E-state index in [1.54, 1.807) is 0 Å². The summed E-state index contributed by atoms with van der Waals surface area (Å²) in [5.74, 6) is 0.757. The zero-order valence-corrected chi connectivity index (χ0v) is 8.50. The van der Waals surface area contributed by atoms with Crippen LogP contribution in [0.2, 0.25) is 0 Å². The summed E-state index contributed by atoms with van der Waals surface area (Å²) in [7, 11) is 0. The van der Waals surface area contributed by atoms with Crippen molar-refractivity contribution in [2.45, 2.75) is 25.1 Å². The Morgan fingerprint density at radius 3 is 2.00 bits per heavy atom. The minimum Gasteiger partial charge on any atom is -0.0928 e. The molecule has 0 fully saturated rings. The molecule has 0 aromatic carbocycles. The van der Waals surface area contributed by atoms with E-state index < -0.39 is 0 Å². The second-order valence-corrected chi connectivity index (χ2v) is 4.21. The molecule has 0 aliphatic heterocycles. The maximum atomic E-state index is 3.57. The predicted octanol–water partition coefficient (Wildman–Crippen LogP) is 3.19. The van der Waals surface area contributed by atoms with E-state index in [0.29, 0.717) is 4.83 Å².